The number of aromatic nitrogens is 2. The van der Waals surface area contributed by atoms with Crippen LogP contribution >= 0.6 is 11.3 Å². The number of hydrogen-bond acceptors (Lipinski definition) is 8. The molecular weight excluding hydrogens is 290 g/mol. The largest absolute Gasteiger partial charge is 0.379 e. The highest BCUT2D eigenvalue weighted by molar-refractivity contribution is 7.92. The zero-order valence-corrected chi connectivity index (χ0v) is 12.2. The fraction of sp³-hybridized carbons (Fsp3) is 0.700. The van der Waals surface area contributed by atoms with E-state index in [1.807, 2.05) is 4.90 Å². The van der Waals surface area contributed by atoms with Crippen molar-refractivity contribution in [3.8, 4) is 0 Å². The van der Waals surface area contributed by atoms with E-state index in [2.05, 4.69) is 10.2 Å². The molecule has 1 aromatic heterocycles. The second-order valence-corrected chi connectivity index (χ2v) is 7.59. The molecule has 0 bridgehead atoms. The average Bonchev–Trinajstić information content (AvgIpc) is 2.78. The maximum absolute atomic E-state index is 11.8. The molecule has 1 aromatic rings. The third-order valence-corrected chi connectivity index (χ3v) is 5.21. The molecule has 1 saturated heterocycles. The van der Waals surface area contributed by atoms with Crippen LogP contribution in [0.2, 0.25) is 0 Å². The van der Waals surface area contributed by atoms with E-state index in [0.717, 1.165) is 30.7 Å². The topological polar surface area (TPSA) is 89.5 Å². The fourth-order valence-electron chi connectivity index (χ4n) is 1.69. The zero-order valence-electron chi connectivity index (χ0n) is 10.5. The molecule has 1 fully saturated rings. The van der Waals surface area contributed by atoms with Gasteiger partial charge < -0.3 is 4.74 Å². The summed E-state index contributed by atoms with van der Waals surface area (Å²) >= 11 is 0.956. The van der Waals surface area contributed by atoms with Gasteiger partial charge in [0.15, 0.2) is 5.78 Å². The molecule has 19 heavy (non-hydrogen) atoms. The number of rotatable bonds is 5. The van der Waals surface area contributed by atoms with Gasteiger partial charge in [-0.15, -0.1) is 10.2 Å². The Labute approximate surface area is 115 Å². The second-order valence-electron chi connectivity index (χ2n) is 4.34. The van der Waals surface area contributed by atoms with Gasteiger partial charge in [0, 0.05) is 19.3 Å². The number of morpholine rings is 1. The van der Waals surface area contributed by atoms with E-state index in [1.165, 1.54) is 0 Å². The van der Waals surface area contributed by atoms with E-state index in [0.29, 0.717) is 24.8 Å². The molecule has 106 valence electrons. The standard InChI is InChI=1S/C10H15N3O4S2/c1-19(15,16)10-12-11-9(18-10)6-8(14)7-13-2-4-17-5-3-13/h2-7H2,1H3. The Balaban J connectivity index is 1.90. The van der Waals surface area contributed by atoms with E-state index in [4.69, 9.17) is 4.74 Å². The lowest BCUT2D eigenvalue weighted by Gasteiger charge is -2.25. The maximum Gasteiger partial charge on any atom is 0.232 e. The molecule has 0 saturated carbocycles. The third kappa shape index (κ3) is 4.30. The number of carbonyl (C=O) groups excluding carboxylic acids is 1. The monoisotopic (exact) mass is 305 g/mol. The van der Waals surface area contributed by atoms with Crippen LogP contribution in [0, 0.1) is 0 Å². The molecule has 0 aromatic carbocycles. The smallest absolute Gasteiger partial charge is 0.232 e. The van der Waals surface area contributed by atoms with Crippen LogP contribution in [0.25, 0.3) is 0 Å². The average molecular weight is 305 g/mol. The van der Waals surface area contributed by atoms with Gasteiger partial charge in [0.25, 0.3) is 0 Å². The highest BCUT2D eigenvalue weighted by Gasteiger charge is 2.18. The maximum atomic E-state index is 11.8. The van der Waals surface area contributed by atoms with E-state index in [1.54, 1.807) is 0 Å². The molecule has 7 nitrogen and oxygen atoms in total. The normalized spacial score (nSPS) is 17.5. The molecule has 0 aliphatic carbocycles. The minimum atomic E-state index is -3.34. The number of Topliss-reactive ketones (excluding diaryl/α,β-unsaturated/α-hetero) is 1. The fourth-order valence-corrected chi connectivity index (χ4v) is 3.37. The molecule has 0 atom stereocenters. The van der Waals surface area contributed by atoms with E-state index >= 15 is 0 Å². The summed E-state index contributed by atoms with van der Waals surface area (Å²) in [7, 11) is -3.34. The van der Waals surface area contributed by atoms with Gasteiger partial charge in [0.05, 0.1) is 26.2 Å². The summed E-state index contributed by atoms with van der Waals surface area (Å²) in [5.74, 6) is 0.0121. The van der Waals surface area contributed by atoms with Gasteiger partial charge in [0.2, 0.25) is 14.2 Å². The molecule has 1 aliphatic heterocycles. The molecule has 2 heterocycles. The van der Waals surface area contributed by atoms with Crippen molar-refractivity contribution in [2.24, 2.45) is 0 Å². The molecule has 0 spiro atoms. The van der Waals surface area contributed by atoms with Crippen molar-refractivity contribution >= 4 is 27.0 Å². The van der Waals surface area contributed by atoms with Crippen molar-refractivity contribution in [1.29, 1.82) is 0 Å². The van der Waals surface area contributed by atoms with Crippen LogP contribution < -0.4 is 0 Å². The Morgan fingerprint density at radius 1 is 1.37 bits per heavy atom. The first kappa shape index (κ1) is 14.5. The van der Waals surface area contributed by atoms with Crippen molar-refractivity contribution in [3.63, 3.8) is 0 Å². The summed E-state index contributed by atoms with van der Waals surface area (Å²) in [6.45, 7) is 3.12. The highest BCUT2D eigenvalue weighted by Crippen LogP contribution is 2.16. The van der Waals surface area contributed by atoms with Crippen LogP contribution in [0.3, 0.4) is 0 Å². The van der Waals surface area contributed by atoms with Gasteiger partial charge >= 0.3 is 0 Å². The molecule has 2 rings (SSSR count). The predicted octanol–water partition coefficient (Wildman–Crippen LogP) is -0.615. The van der Waals surface area contributed by atoms with Gasteiger partial charge in [-0.1, -0.05) is 11.3 Å². The van der Waals surface area contributed by atoms with Gasteiger partial charge in [-0.3, -0.25) is 9.69 Å². The van der Waals surface area contributed by atoms with Crippen molar-refractivity contribution in [2.75, 3.05) is 39.1 Å². The number of ketones is 1. The summed E-state index contributed by atoms with van der Waals surface area (Å²) in [5.41, 5.74) is 0. The van der Waals surface area contributed by atoms with Crippen molar-refractivity contribution in [2.45, 2.75) is 10.8 Å². The molecule has 0 unspecified atom stereocenters. The zero-order chi connectivity index (χ0) is 13.9. The van der Waals surface area contributed by atoms with Crippen LogP contribution in [-0.4, -0.2) is 68.4 Å². The summed E-state index contributed by atoms with van der Waals surface area (Å²) < 4.78 is 27.7. The first-order valence-corrected chi connectivity index (χ1v) is 8.50. The van der Waals surface area contributed by atoms with E-state index in [-0.39, 0.29) is 16.5 Å². The Hall–Kier alpha value is -0.900. The van der Waals surface area contributed by atoms with Crippen LogP contribution in [0.4, 0.5) is 0 Å². The second kappa shape index (κ2) is 6.04. The Morgan fingerprint density at radius 3 is 2.63 bits per heavy atom. The lowest BCUT2D eigenvalue weighted by atomic mass is 10.2. The Kier molecular flexibility index (Phi) is 4.61. The summed E-state index contributed by atoms with van der Waals surface area (Å²) in [6, 6.07) is 0. The lowest BCUT2D eigenvalue weighted by Crippen LogP contribution is -2.39. The number of carbonyl (C=O) groups is 1. The first-order valence-electron chi connectivity index (χ1n) is 5.79. The number of hydrogen-bond donors (Lipinski definition) is 0. The number of ether oxygens (including phenoxy) is 1. The van der Waals surface area contributed by atoms with Crippen molar-refractivity contribution in [1.82, 2.24) is 15.1 Å². The summed E-state index contributed by atoms with van der Waals surface area (Å²) in [4.78, 5) is 13.9. The van der Waals surface area contributed by atoms with Crippen molar-refractivity contribution in [3.05, 3.63) is 5.01 Å². The van der Waals surface area contributed by atoms with Gasteiger partial charge in [0.1, 0.15) is 5.01 Å². The SMILES string of the molecule is CS(=O)(=O)c1nnc(CC(=O)CN2CCOCC2)s1. The molecule has 1 aliphatic rings. The Bertz CT molecular complexity index is 549. The first-order chi connectivity index (χ1) is 8.95. The molecule has 9 heteroatoms. The summed E-state index contributed by atoms with van der Waals surface area (Å²) in [6.07, 6.45) is 1.21. The van der Waals surface area contributed by atoms with Crippen LogP contribution in [0.15, 0.2) is 4.34 Å². The lowest BCUT2D eigenvalue weighted by molar-refractivity contribution is -0.120. The molecular formula is C10H15N3O4S2. The van der Waals surface area contributed by atoms with E-state index in [9.17, 15) is 13.2 Å². The van der Waals surface area contributed by atoms with Crippen LogP contribution in [0.1, 0.15) is 5.01 Å². The van der Waals surface area contributed by atoms with Crippen molar-refractivity contribution < 1.29 is 17.9 Å². The molecule has 0 radical (unpaired) electrons. The minimum Gasteiger partial charge on any atom is -0.379 e. The van der Waals surface area contributed by atoms with Gasteiger partial charge in [-0.25, -0.2) is 8.42 Å². The van der Waals surface area contributed by atoms with E-state index < -0.39 is 9.84 Å². The quantitative estimate of drug-likeness (QED) is 0.716. The summed E-state index contributed by atoms with van der Waals surface area (Å²) in [5, 5.41) is 7.77. The predicted molar refractivity (Wildman–Crippen MR) is 69.0 cm³/mol. The van der Waals surface area contributed by atoms with Gasteiger partial charge in [-0.2, -0.15) is 0 Å². The number of sulfone groups is 1. The van der Waals surface area contributed by atoms with Gasteiger partial charge in [-0.05, 0) is 0 Å². The van der Waals surface area contributed by atoms with Crippen LogP contribution in [0.5, 0.6) is 0 Å². The van der Waals surface area contributed by atoms with Crippen LogP contribution in [-0.2, 0) is 25.8 Å². The molecule has 0 amide bonds. The molecule has 0 N–H and O–H groups in total. The minimum absolute atomic E-state index is 0.0121. The Morgan fingerprint density at radius 2 is 2.05 bits per heavy atom. The number of nitrogens with zero attached hydrogens (tertiary/aromatic N) is 3. The highest BCUT2D eigenvalue weighted by atomic mass is 32.2. The third-order valence-electron chi connectivity index (χ3n) is 2.62.